The van der Waals surface area contributed by atoms with Crippen LogP contribution in [0.25, 0.3) is 0 Å². The van der Waals surface area contributed by atoms with Crippen molar-refractivity contribution in [3.05, 3.63) is 22.4 Å². The van der Waals surface area contributed by atoms with Crippen LogP contribution in [0.5, 0.6) is 0 Å². The molecular formula is C12H17BrN2O. The molecule has 1 saturated carbocycles. The molecule has 1 fully saturated rings. The molecule has 2 rings (SSSR count). The Kier molecular flexibility index (Phi) is 3.38. The summed E-state index contributed by atoms with van der Waals surface area (Å²) in [5.74, 6) is 0.517. The number of carbonyl (C=O) groups excluding carboxylic acids is 1. The van der Waals surface area contributed by atoms with Gasteiger partial charge in [0, 0.05) is 23.3 Å². The van der Waals surface area contributed by atoms with Crippen LogP contribution in [0.15, 0.2) is 16.7 Å². The Morgan fingerprint density at radius 1 is 1.62 bits per heavy atom. The third kappa shape index (κ3) is 2.67. The number of rotatable bonds is 4. The number of nitrogens with zero attached hydrogens (tertiary/aromatic N) is 1. The Morgan fingerprint density at radius 2 is 2.31 bits per heavy atom. The normalized spacial score (nSPS) is 15.5. The maximum atomic E-state index is 12.0. The van der Waals surface area contributed by atoms with E-state index in [0.717, 1.165) is 16.7 Å². The quantitative estimate of drug-likeness (QED) is 0.906. The zero-order valence-electron chi connectivity index (χ0n) is 9.66. The molecule has 0 spiro atoms. The first kappa shape index (κ1) is 11.7. The summed E-state index contributed by atoms with van der Waals surface area (Å²) in [6.45, 7) is 4.92. The van der Waals surface area contributed by atoms with Crippen LogP contribution in [-0.2, 0) is 0 Å². The Balaban J connectivity index is 2.09. The van der Waals surface area contributed by atoms with Crippen molar-refractivity contribution in [2.75, 3.05) is 6.54 Å². The fourth-order valence-corrected chi connectivity index (χ4v) is 2.11. The lowest BCUT2D eigenvalue weighted by Crippen LogP contribution is -2.29. The first-order valence-electron chi connectivity index (χ1n) is 5.73. The Bertz CT molecular complexity index is 394. The number of amides is 1. The zero-order valence-corrected chi connectivity index (χ0v) is 11.3. The number of aromatic nitrogens is 1. The molecule has 1 amide bonds. The van der Waals surface area contributed by atoms with Gasteiger partial charge in [-0.05, 0) is 40.8 Å². The SMILES string of the molecule is CC(C)CNC(=O)c1cc(Br)cn1C1CC1. The van der Waals surface area contributed by atoms with E-state index in [1.807, 2.05) is 12.3 Å². The van der Waals surface area contributed by atoms with Gasteiger partial charge in [0.1, 0.15) is 5.69 Å². The van der Waals surface area contributed by atoms with Gasteiger partial charge in [-0.15, -0.1) is 0 Å². The van der Waals surface area contributed by atoms with Crippen molar-refractivity contribution in [1.29, 1.82) is 0 Å². The van der Waals surface area contributed by atoms with Crippen LogP contribution in [0.3, 0.4) is 0 Å². The average Bonchev–Trinajstić information content (AvgIpc) is 2.98. The van der Waals surface area contributed by atoms with Crippen LogP contribution in [0, 0.1) is 5.92 Å². The van der Waals surface area contributed by atoms with Crippen molar-refractivity contribution < 1.29 is 4.79 Å². The number of hydrogen-bond acceptors (Lipinski definition) is 1. The summed E-state index contributed by atoms with van der Waals surface area (Å²) in [4.78, 5) is 12.0. The van der Waals surface area contributed by atoms with E-state index in [0.29, 0.717) is 12.0 Å². The van der Waals surface area contributed by atoms with Crippen LogP contribution < -0.4 is 5.32 Å². The standard InChI is InChI=1S/C12H17BrN2O/c1-8(2)6-14-12(16)11-5-9(13)7-15(11)10-3-4-10/h5,7-8,10H,3-4,6H2,1-2H3,(H,14,16). The summed E-state index contributed by atoms with van der Waals surface area (Å²) in [7, 11) is 0. The summed E-state index contributed by atoms with van der Waals surface area (Å²) in [6.07, 6.45) is 4.37. The topological polar surface area (TPSA) is 34.0 Å². The molecule has 1 N–H and O–H groups in total. The molecule has 3 nitrogen and oxygen atoms in total. The van der Waals surface area contributed by atoms with Gasteiger partial charge >= 0.3 is 0 Å². The third-order valence-electron chi connectivity index (χ3n) is 2.66. The van der Waals surface area contributed by atoms with Gasteiger partial charge in [-0.25, -0.2) is 0 Å². The van der Waals surface area contributed by atoms with Crippen LogP contribution in [-0.4, -0.2) is 17.0 Å². The Hall–Kier alpha value is -0.770. The van der Waals surface area contributed by atoms with Crippen LogP contribution in [0.4, 0.5) is 0 Å². The maximum absolute atomic E-state index is 12.0. The van der Waals surface area contributed by atoms with E-state index in [4.69, 9.17) is 0 Å². The third-order valence-corrected chi connectivity index (χ3v) is 3.09. The van der Waals surface area contributed by atoms with Crippen LogP contribution >= 0.6 is 15.9 Å². The van der Waals surface area contributed by atoms with Gasteiger partial charge in [0.15, 0.2) is 0 Å². The molecular weight excluding hydrogens is 268 g/mol. The molecule has 4 heteroatoms. The van der Waals surface area contributed by atoms with Gasteiger partial charge in [-0.2, -0.15) is 0 Å². The summed E-state index contributed by atoms with van der Waals surface area (Å²) in [6, 6.07) is 2.43. The van der Waals surface area contributed by atoms with Crippen molar-refractivity contribution in [3.8, 4) is 0 Å². The summed E-state index contributed by atoms with van der Waals surface area (Å²) in [5.41, 5.74) is 0.773. The minimum Gasteiger partial charge on any atom is -0.351 e. The highest BCUT2D eigenvalue weighted by Crippen LogP contribution is 2.37. The molecule has 0 aliphatic heterocycles. The molecule has 1 aliphatic carbocycles. The molecule has 16 heavy (non-hydrogen) atoms. The predicted octanol–water partition coefficient (Wildman–Crippen LogP) is 2.97. The fraction of sp³-hybridized carbons (Fsp3) is 0.583. The number of nitrogens with one attached hydrogen (secondary N) is 1. The number of carbonyl (C=O) groups is 1. The van der Waals surface area contributed by atoms with Crippen molar-refractivity contribution >= 4 is 21.8 Å². The van der Waals surface area contributed by atoms with Gasteiger partial charge < -0.3 is 9.88 Å². The van der Waals surface area contributed by atoms with E-state index in [1.54, 1.807) is 0 Å². The largest absolute Gasteiger partial charge is 0.351 e. The molecule has 0 unspecified atom stereocenters. The first-order valence-corrected chi connectivity index (χ1v) is 6.53. The van der Waals surface area contributed by atoms with Gasteiger partial charge in [0.05, 0.1) is 0 Å². The summed E-state index contributed by atoms with van der Waals surface area (Å²) in [5, 5.41) is 2.95. The molecule has 0 radical (unpaired) electrons. The lowest BCUT2D eigenvalue weighted by Gasteiger charge is -2.09. The van der Waals surface area contributed by atoms with E-state index < -0.39 is 0 Å². The smallest absolute Gasteiger partial charge is 0.267 e. The number of halogens is 1. The van der Waals surface area contributed by atoms with Crippen LogP contribution in [0.1, 0.15) is 43.2 Å². The molecule has 0 saturated heterocycles. The molecule has 0 atom stereocenters. The second-order valence-corrected chi connectivity index (χ2v) is 5.70. The second-order valence-electron chi connectivity index (χ2n) is 4.79. The van der Waals surface area contributed by atoms with Gasteiger partial charge in [0.2, 0.25) is 0 Å². The molecule has 1 aliphatic rings. The Labute approximate surface area is 104 Å². The van der Waals surface area contributed by atoms with Crippen molar-refractivity contribution in [2.24, 2.45) is 5.92 Å². The number of hydrogen-bond donors (Lipinski definition) is 1. The monoisotopic (exact) mass is 284 g/mol. The minimum atomic E-state index is 0.0336. The van der Waals surface area contributed by atoms with Crippen molar-refractivity contribution in [1.82, 2.24) is 9.88 Å². The molecule has 88 valence electrons. The van der Waals surface area contributed by atoms with E-state index in [2.05, 4.69) is 39.7 Å². The van der Waals surface area contributed by atoms with Gasteiger partial charge in [-0.1, -0.05) is 13.8 Å². The molecule has 1 aromatic heterocycles. The van der Waals surface area contributed by atoms with Crippen molar-refractivity contribution in [3.63, 3.8) is 0 Å². The van der Waals surface area contributed by atoms with E-state index in [9.17, 15) is 4.79 Å². The second kappa shape index (κ2) is 4.62. The Morgan fingerprint density at radius 3 is 2.88 bits per heavy atom. The van der Waals surface area contributed by atoms with Gasteiger partial charge in [-0.3, -0.25) is 4.79 Å². The highest BCUT2D eigenvalue weighted by Gasteiger charge is 2.27. The summed E-state index contributed by atoms with van der Waals surface area (Å²) >= 11 is 3.43. The van der Waals surface area contributed by atoms with E-state index >= 15 is 0 Å². The molecule has 1 heterocycles. The molecule has 0 bridgehead atoms. The average molecular weight is 285 g/mol. The highest BCUT2D eigenvalue weighted by molar-refractivity contribution is 9.10. The highest BCUT2D eigenvalue weighted by atomic mass is 79.9. The first-order chi connectivity index (χ1) is 7.58. The molecule has 0 aromatic carbocycles. The fourth-order valence-electron chi connectivity index (χ4n) is 1.67. The van der Waals surface area contributed by atoms with Crippen LogP contribution in [0.2, 0.25) is 0 Å². The lowest BCUT2D eigenvalue weighted by molar-refractivity contribution is 0.0939. The lowest BCUT2D eigenvalue weighted by atomic mass is 10.2. The minimum absolute atomic E-state index is 0.0336. The predicted molar refractivity (Wildman–Crippen MR) is 67.6 cm³/mol. The maximum Gasteiger partial charge on any atom is 0.267 e. The summed E-state index contributed by atoms with van der Waals surface area (Å²) < 4.78 is 3.06. The van der Waals surface area contributed by atoms with Crippen molar-refractivity contribution in [2.45, 2.75) is 32.7 Å². The zero-order chi connectivity index (χ0) is 11.7. The van der Waals surface area contributed by atoms with E-state index in [1.165, 1.54) is 12.8 Å². The molecule has 1 aromatic rings. The van der Waals surface area contributed by atoms with Gasteiger partial charge in [0.25, 0.3) is 5.91 Å². The van der Waals surface area contributed by atoms with E-state index in [-0.39, 0.29) is 5.91 Å².